The predicted molar refractivity (Wildman–Crippen MR) is 64.7 cm³/mol. The molecule has 0 aliphatic heterocycles. The molecule has 2 unspecified atom stereocenters. The molecule has 0 saturated heterocycles. The summed E-state index contributed by atoms with van der Waals surface area (Å²) < 4.78 is 0. The van der Waals surface area contributed by atoms with E-state index in [1.54, 1.807) is 0 Å². The van der Waals surface area contributed by atoms with E-state index in [4.69, 9.17) is 0 Å². The van der Waals surface area contributed by atoms with E-state index in [2.05, 4.69) is 51.9 Å². The highest BCUT2D eigenvalue weighted by Crippen LogP contribution is 2.24. The molecule has 1 N–H and O–H groups in total. The van der Waals surface area contributed by atoms with Gasteiger partial charge in [0.1, 0.15) is 0 Å². The van der Waals surface area contributed by atoms with E-state index in [0.29, 0.717) is 17.5 Å². The van der Waals surface area contributed by atoms with Crippen molar-refractivity contribution in [2.75, 3.05) is 20.6 Å². The van der Waals surface area contributed by atoms with Crippen molar-refractivity contribution in [1.29, 1.82) is 0 Å². The summed E-state index contributed by atoms with van der Waals surface area (Å²) in [5.41, 5.74) is 0.364. The van der Waals surface area contributed by atoms with Gasteiger partial charge in [-0.05, 0) is 46.3 Å². The molecule has 0 aromatic carbocycles. The van der Waals surface area contributed by atoms with Crippen molar-refractivity contribution in [2.24, 2.45) is 5.41 Å². The Kier molecular flexibility index (Phi) is 5.68. The van der Waals surface area contributed by atoms with E-state index in [0.717, 1.165) is 6.54 Å². The van der Waals surface area contributed by atoms with Crippen LogP contribution in [0.25, 0.3) is 0 Å². The second kappa shape index (κ2) is 5.72. The van der Waals surface area contributed by atoms with Crippen LogP contribution in [0, 0.1) is 5.41 Å². The van der Waals surface area contributed by atoms with Crippen LogP contribution in [0.3, 0.4) is 0 Å². The number of hydrogen-bond acceptors (Lipinski definition) is 2. The number of nitrogens with zero attached hydrogens (tertiary/aromatic N) is 1. The van der Waals surface area contributed by atoms with Crippen molar-refractivity contribution >= 4 is 0 Å². The van der Waals surface area contributed by atoms with Gasteiger partial charge in [-0.2, -0.15) is 0 Å². The summed E-state index contributed by atoms with van der Waals surface area (Å²) in [7, 11) is 4.25. The van der Waals surface area contributed by atoms with E-state index in [1.807, 2.05) is 7.05 Å². The molecule has 14 heavy (non-hydrogen) atoms. The maximum Gasteiger partial charge on any atom is 0.0115 e. The Morgan fingerprint density at radius 2 is 1.71 bits per heavy atom. The van der Waals surface area contributed by atoms with Gasteiger partial charge < -0.3 is 10.2 Å². The van der Waals surface area contributed by atoms with Crippen LogP contribution in [0.1, 0.15) is 41.0 Å². The molecule has 0 radical (unpaired) electrons. The third-order valence-corrected chi connectivity index (χ3v) is 3.37. The molecule has 0 bridgehead atoms. The number of rotatable bonds is 5. The van der Waals surface area contributed by atoms with Gasteiger partial charge >= 0.3 is 0 Å². The summed E-state index contributed by atoms with van der Waals surface area (Å²) in [5, 5.41) is 3.20. The highest BCUT2D eigenvalue weighted by atomic mass is 15.2. The smallest absolute Gasteiger partial charge is 0.0115 e. The minimum absolute atomic E-state index is 0.364. The Morgan fingerprint density at radius 1 is 1.21 bits per heavy atom. The van der Waals surface area contributed by atoms with Gasteiger partial charge in [0.15, 0.2) is 0 Å². The number of hydrogen-bond donors (Lipinski definition) is 1. The topological polar surface area (TPSA) is 15.3 Å². The fraction of sp³-hybridized carbons (Fsp3) is 1.00. The molecule has 2 atom stereocenters. The first kappa shape index (κ1) is 13.9. The van der Waals surface area contributed by atoms with Crippen LogP contribution in [-0.2, 0) is 0 Å². The van der Waals surface area contributed by atoms with Crippen LogP contribution < -0.4 is 5.32 Å². The predicted octanol–water partition coefficient (Wildman–Crippen LogP) is 2.35. The molecular formula is C12H28N2. The van der Waals surface area contributed by atoms with Crippen molar-refractivity contribution < 1.29 is 0 Å². The monoisotopic (exact) mass is 200 g/mol. The highest BCUT2D eigenvalue weighted by molar-refractivity contribution is 4.80. The first-order valence-electron chi connectivity index (χ1n) is 5.67. The van der Waals surface area contributed by atoms with E-state index in [-0.39, 0.29) is 0 Å². The van der Waals surface area contributed by atoms with Gasteiger partial charge in [0.2, 0.25) is 0 Å². The molecule has 0 rings (SSSR count). The van der Waals surface area contributed by atoms with Crippen LogP contribution in [0.15, 0.2) is 0 Å². The van der Waals surface area contributed by atoms with Gasteiger partial charge in [-0.3, -0.25) is 0 Å². The molecule has 0 aliphatic carbocycles. The molecule has 0 saturated carbocycles. The maximum atomic E-state index is 3.20. The third kappa shape index (κ3) is 4.43. The minimum Gasteiger partial charge on any atom is -0.320 e. The average Bonchev–Trinajstić information content (AvgIpc) is 2.10. The summed E-state index contributed by atoms with van der Waals surface area (Å²) in [4.78, 5) is 2.48. The quantitative estimate of drug-likeness (QED) is 0.733. The SMILES string of the molecule is CNCCC(C)N(C)C(C)C(C)(C)C. The first-order chi connectivity index (χ1) is 6.30. The average molecular weight is 200 g/mol. The molecule has 0 amide bonds. The standard InChI is InChI=1S/C12H28N2/c1-10(8-9-13-6)14(7)11(2)12(3,4)5/h10-11,13H,8-9H2,1-7H3. The third-order valence-electron chi connectivity index (χ3n) is 3.37. The number of nitrogens with one attached hydrogen (secondary N) is 1. The van der Waals surface area contributed by atoms with Crippen LogP contribution >= 0.6 is 0 Å². The van der Waals surface area contributed by atoms with Gasteiger partial charge in [-0.15, -0.1) is 0 Å². The molecule has 0 aliphatic rings. The largest absolute Gasteiger partial charge is 0.320 e. The fourth-order valence-corrected chi connectivity index (χ4v) is 1.55. The molecule has 0 heterocycles. The molecular weight excluding hydrogens is 172 g/mol. The molecule has 0 aromatic rings. The summed E-state index contributed by atoms with van der Waals surface area (Å²) in [5.74, 6) is 0. The van der Waals surface area contributed by atoms with E-state index in [9.17, 15) is 0 Å². The summed E-state index contributed by atoms with van der Waals surface area (Å²) in [6, 6.07) is 1.27. The second-order valence-corrected chi connectivity index (χ2v) is 5.45. The van der Waals surface area contributed by atoms with Gasteiger partial charge in [0, 0.05) is 12.1 Å². The minimum atomic E-state index is 0.364. The lowest BCUT2D eigenvalue weighted by Gasteiger charge is -2.39. The molecule has 0 fully saturated rings. The molecule has 86 valence electrons. The van der Waals surface area contributed by atoms with Crippen molar-refractivity contribution in [2.45, 2.75) is 53.1 Å². The maximum absolute atomic E-state index is 3.20. The Bertz CT molecular complexity index is 149. The van der Waals surface area contributed by atoms with Gasteiger partial charge in [-0.25, -0.2) is 0 Å². The Balaban J connectivity index is 4.10. The van der Waals surface area contributed by atoms with Crippen molar-refractivity contribution in [3.05, 3.63) is 0 Å². The lowest BCUT2D eigenvalue weighted by atomic mass is 9.86. The fourth-order valence-electron chi connectivity index (χ4n) is 1.55. The lowest BCUT2D eigenvalue weighted by Crippen LogP contribution is -2.44. The first-order valence-corrected chi connectivity index (χ1v) is 5.67. The van der Waals surface area contributed by atoms with Gasteiger partial charge in [0.25, 0.3) is 0 Å². The zero-order chi connectivity index (χ0) is 11.4. The van der Waals surface area contributed by atoms with Crippen LogP contribution in [-0.4, -0.2) is 37.6 Å². The molecule has 2 heteroatoms. The van der Waals surface area contributed by atoms with Gasteiger partial charge in [0.05, 0.1) is 0 Å². The van der Waals surface area contributed by atoms with E-state index in [1.165, 1.54) is 6.42 Å². The zero-order valence-electron chi connectivity index (χ0n) is 11.0. The summed E-state index contributed by atoms with van der Waals surface area (Å²) >= 11 is 0. The summed E-state index contributed by atoms with van der Waals surface area (Å²) in [6.07, 6.45) is 1.22. The van der Waals surface area contributed by atoms with Crippen LogP contribution in [0.2, 0.25) is 0 Å². The summed E-state index contributed by atoms with van der Waals surface area (Å²) in [6.45, 7) is 12.6. The second-order valence-electron chi connectivity index (χ2n) is 5.45. The molecule has 0 spiro atoms. The highest BCUT2D eigenvalue weighted by Gasteiger charge is 2.26. The van der Waals surface area contributed by atoms with Crippen molar-refractivity contribution in [3.8, 4) is 0 Å². The van der Waals surface area contributed by atoms with E-state index < -0.39 is 0 Å². The Morgan fingerprint density at radius 3 is 2.07 bits per heavy atom. The Hall–Kier alpha value is -0.0800. The van der Waals surface area contributed by atoms with Crippen molar-refractivity contribution in [3.63, 3.8) is 0 Å². The van der Waals surface area contributed by atoms with Crippen LogP contribution in [0.4, 0.5) is 0 Å². The lowest BCUT2D eigenvalue weighted by molar-refractivity contribution is 0.101. The molecule has 2 nitrogen and oxygen atoms in total. The van der Waals surface area contributed by atoms with E-state index >= 15 is 0 Å². The van der Waals surface area contributed by atoms with Crippen LogP contribution in [0.5, 0.6) is 0 Å². The molecule has 0 aromatic heterocycles. The Labute approximate surface area is 90.1 Å². The zero-order valence-corrected chi connectivity index (χ0v) is 11.0. The normalized spacial score (nSPS) is 17.1. The van der Waals surface area contributed by atoms with Gasteiger partial charge in [-0.1, -0.05) is 20.8 Å². The van der Waals surface area contributed by atoms with Crippen molar-refractivity contribution in [1.82, 2.24) is 10.2 Å².